The Morgan fingerprint density at radius 1 is 1.43 bits per heavy atom. The molecule has 2 nitrogen and oxygen atoms in total. The fourth-order valence-electron chi connectivity index (χ4n) is 1.04. The Morgan fingerprint density at radius 2 is 2.07 bits per heavy atom. The smallest absolute Gasteiger partial charge is 0.674 e. The third kappa shape index (κ3) is 4.86. The second-order valence-electron chi connectivity index (χ2n) is 3.10. The summed E-state index contributed by atoms with van der Waals surface area (Å²) in [6, 6.07) is 4.53. The van der Waals surface area contributed by atoms with Gasteiger partial charge in [0.2, 0.25) is 0 Å². The summed E-state index contributed by atoms with van der Waals surface area (Å²) < 4.78 is 18.2. The van der Waals surface area contributed by atoms with Gasteiger partial charge in [0.15, 0.2) is 0 Å². The van der Waals surface area contributed by atoms with Crippen LogP contribution in [0.2, 0.25) is 0 Å². The van der Waals surface area contributed by atoms with Gasteiger partial charge >= 0.3 is 51.4 Å². The third-order valence-corrected chi connectivity index (χ3v) is 1.64. The molecule has 1 aromatic carbocycles. The predicted molar refractivity (Wildman–Crippen MR) is 50.4 cm³/mol. The van der Waals surface area contributed by atoms with Crippen molar-refractivity contribution in [1.29, 1.82) is 0 Å². The Balaban J connectivity index is 0.00000169. The Bertz CT molecular complexity index is 273. The molecule has 0 amide bonds. The van der Waals surface area contributed by atoms with Crippen molar-refractivity contribution in [3.05, 3.63) is 35.3 Å². The van der Waals surface area contributed by atoms with Gasteiger partial charge in [0.05, 0.1) is 6.10 Å². The van der Waals surface area contributed by atoms with Gasteiger partial charge in [0.25, 0.3) is 0 Å². The summed E-state index contributed by atoms with van der Waals surface area (Å²) in [4.78, 5) is 0. The number of aryl methyl sites for hydroxylation is 1. The second kappa shape index (κ2) is 6.93. The van der Waals surface area contributed by atoms with E-state index < -0.39 is 0 Å². The molecule has 0 heterocycles. The summed E-state index contributed by atoms with van der Waals surface area (Å²) in [7, 11) is 0. The van der Waals surface area contributed by atoms with E-state index in [1.165, 1.54) is 12.1 Å². The largest absolute Gasteiger partial charge is 1.00 e. The molecule has 1 unspecified atom stereocenters. The minimum atomic E-state index is -0.299. The minimum Gasteiger partial charge on any atom is -0.674 e. The fourth-order valence-corrected chi connectivity index (χ4v) is 1.04. The van der Waals surface area contributed by atoms with Gasteiger partial charge in [-0.25, -0.2) is 4.39 Å². The van der Waals surface area contributed by atoms with Gasteiger partial charge in [0.1, 0.15) is 11.6 Å². The van der Waals surface area contributed by atoms with Gasteiger partial charge in [-0.05, 0) is 31.5 Å². The van der Waals surface area contributed by atoms with E-state index in [9.17, 15) is 4.39 Å². The number of ether oxygens (including phenoxy) is 1. The van der Waals surface area contributed by atoms with Crippen molar-refractivity contribution in [3.8, 4) is 5.75 Å². The summed E-state index contributed by atoms with van der Waals surface area (Å²) in [5.41, 5.74) is 7.87. The van der Waals surface area contributed by atoms with E-state index >= 15 is 0 Å². The molecule has 1 N–H and O–H groups in total. The van der Waals surface area contributed by atoms with Crippen LogP contribution in [0.25, 0.3) is 5.73 Å². The van der Waals surface area contributed by atoms with E-state index in [1.807, 2.05) is 0 Å². The molecular formula is C10H13FKNO. The van der Waals surface area contributed by atoms with Crippen molar-refractivity contribution in [2.75, 3.05) is 6.54 Å². The predicted octanol–water partition coefficient (Wildman–Crippen LogP) is -0.0424. The number of rotatable bonds is 3. The van der Waals surface area contributed by atoms with Crippen molar-refractivity contribution in [2.24, 2.45) is 0 Å². The van der Waals surface area contributed by atoms with E-state index in [-0.39, 0.29) is 69.9 Å². The summed E-state index contributed by atoms with van der Waals surface area (Å²) in [5, 5.41) is 0. The van der Waals surface area contributed by atoms with Crippen molar-refractivity contribution in [1.82, 2.24) is 0 Å². The maximum absolute atomic E-state index is 12.9. The number of nitrogens with one attached hydrogen (secondary N) is 1. The zero-order valence-corrected chi connectivity index (χ0v) is 11.9. The maximum atomic E-state index is 12.9. The quantitative estimate of drug-likeness (QED) is 0.659. The number of halogens is 1. The molecule has 72 valence electrons. The van der Waals surface area contributed by atoms with Crippen molar-refractivity contribution < 1.29 is 60.5 Å². The fraction of sp³-hybridized carbons (Fsp3) is 0.400. The van der Waals surface area contributed by atoms with Crippen LogP contribution in [0.5, 0.6) is 5.75 Å². The van der Waals surface area contributed by atoms with Gasteiger partial charge < -0.3 is 10.5 Å². The second-order valence-corrected chi connectivity index (χ2v) is 3.10. The number of hydrogen-bond donors (Lipinski definition) is 0. The van der Waals surface area contributed by atoms with E-state index in [1.54, 1.807) is 19.9 Å². The summed E-state index contributed by atoms with van der Waals surface area (Å²) in [6.07, 6.45) is -0.193. The molecule has 0 aliphatic heterocycles. The molecule has 1 rings (SSSR count). The van der Waals surface area contributed by atoms with Crippen molar-refractivity contribution >= 4 is 0 Å². The average Bonchev–Trinajstić information content (AvgIpc) is 2.02. The summed E-state index contributed by atoms with van der Waals surface area (Å²) in [5.74, 6) is 0.199. The van der Waals surface area contributed by atoms with E-state index in [0.717, 1.165) is 5.56 Å². The van der Waals surface area contributed by atoms with E-state index in [2.05, 4.69) is 0 Å². The molecular weight excluding hydrogens is 208 g/mol. The first kappa shape index (κ1) is 14.5. The van der Waals surface area contributed by atoms with Crippen LogP contribution in [-0.4, -0.2) is 12.6 Å². The molecule has 4 heteroatoms. The minimum absolute atomic E-state index is 0. The zero-order valence-electron chi connectivity index (χ0n) is 8.80. The normalized spacial score (nSPS) is 11.7. The Hall–Kier alpha value is 0.546. The van der Waals surface area contributed by atoms with Crippen LogP contribution in [0.3, 0.4) is 0 Å². The first-order valence-electron chi connectivity index (χ1n) is 4.20. The first-order valence-corrected chi connectivity index (χ1v) is 4.20. The summed E-state index contributed by atoms with van der Waals surface area (Å²) in [6.45, 7) is 3.77. The molecule has 0 bridgehead atoms. The van der Waals surface area contributed by atoms with E-state index in [0.29, 0.717) is 5.75 Å². The topological polar surface area (TPSA) is 33.0 Å². The van der Waals surface area contributed by atoms with Gasteiger partial charge in [-0.15, -0.1) is 6.54 Å². The summed E-state index contributed by atoms with van der Waals surface area (Å²) >= 11 is 0. The van der Waals surface area contributed by atoms with Crippen molar-refractivity contribution in [3.63, 3.8) is 0 Å². The molecule has 0 saturated carbocycles. The molecule has 1 atom stereocenters. The molecule has 0 radical (unpaired) electrons. The van der Waals surface area contributed by atoms with Crippen LogP contribution in [0, 0.1) is 12.7 Å². The number of benzene rings is 1. The van der Waals surface area contributed by atoms with Crippen LogP contribution in [-0.2, 0) is 0 Å². The molecule has 0 spiro atoms. The maximum Gasteiger partial charge on any atom is 1.00 e. The first-order chi connectivity index (χ1) is 6.11. The van der Waals surface area contributed by atoms with Crippen LogP contribution in [0.1, 0.15) is 12.5 Å². The Labute approximate surface area is 126 Å². The van der Waals surface area contributed by atoms with Gasteiger partial charge in [-0.3, -0.25) is 0 Å². The average molecular weight is 221 g/mol. The van der Waals surface area contributed by atoms with Gasteiger partial charge in [-0.2, -0.15) is 0 Å². The zero-order chi connectivity index (χ0) is 9.84. The standard InChI is InChI=1S/C10H13FNO.K/c1-7-3-9(11)5-10(4-7)13-8(2)6-12;/h3-5,8,12H,6H2,1-2H3;/q-1;+1. The van der Waals surface area contributed by atoms with Crippen LogP contribution >= 0.6 is 0 Å². The Kier molecular flexibility index (Phi) is 7.20. The van der Waals surface area contributed by atoms with Crippen LogP contribution < -0.4 is 56.1 Å². The monoisotopic (exact) mass is 221 g/mol. The molecule has 0 saturated heterocycles. The molecule has 0 aliphatic rings. The number of hydrogen-bond acceptors (Lipinski definition) is 1. The molecule has 1 aromatic rings. The van der Waals surface area contributed by atoms with Crippen molar-refractivity contribution in [2.45, 2.75) is 20.0 Å². The molecule has 0 fully saturated rings. The van der Waals surface area contributed by atoms with Crippen LogP contribution in [0.4, 0.5) is 4.39 Å². The SMILES string of the molecule is Cc1cc(F)cc(OC(C)C[NH-])c1.[K+]. The van der Waals surface area contributed by atoms with E-state index in [4.69, 9.17) is 10.5 Å². The molecule has 14 heavy (non-hydrogen) atoms. The van der Waals surface area contributed by atoms with Crippen LogP contribution in [0.15, 0.2) is 18.2 Å². The van der Waals surface area contributed by atoms with Gasteiger partial charge in [-0.1, -0.05) is 0 Å². The third-order valence-electron chi connectivity index (χ3n) is 1.64. The molecule has 0 aliphatic carbocycles. The molecule has 0 aromatic heterocycles. The van der Waals surface area contributed by atoms with Gasteiger partial charge in [0, 0.05) is 6.07 Å². The Morgan fingerprint density at radius 3 is 2.57 bits per heavy atom.